The van der Waals surface area contributed by atoms with Crippen molar-refractivity contribution >= 4 is 21.6 Å². The first-order chi connectivity index (χ1) is 6.75. The van der Waals surface area contributed by atoms with Gasteiger partial charge in [-0.2, -0.15) is 0 Å². The normalized spacial score (nSPS) is 16.4. The van der Waals surface area contributed by atoms with Gasteiger partial charge in [0.2, 0.25) is 0 Å². The van der Waals surface area contributed by atoms with Crippen LogP contribution < -0.4 is 10.6 Å². The first-order valence-corrected chi connectivity index (χ1v) is 5.44. The number of benzene rings is 1. The van der Waals surface area contributed by atoms with E-state index >= 15 is 0 Å². The van der Waals surface area contributed by atoms with E-state index in [-0.39, 0.29) is 5.82 Å². The fourth-order valence-corrected chi connectivity index (χ4v) is 1.74. The molecule has 1 aromatic rings. The van der Waals surface area contributed by atoms with Crippen molar-refractivity contribution in [2.45, 2.75) is 0 Å². The monoisotopic (exact) mass is 258 g/mol. The van der Waals surface area contributed by atoms with E-state index < -0.39 is 0 Å². The molecule has 1 aliphatic heterocycles. The van der Waals surface area contributed by atoms with E-state index in [0.717, 1.165) is 25.3 Å². The maximum atomic E-state index is 12.9. The zero-order valence-electron chi connectivity index (χ0n) is 7.69. The van der Waals surface area contributed by atoms with Crippen LogP contribution in [0.4, 0.5) is 10.1 Å². The number of hydrogen-bond acceptors (Lipinski definition) is 2. The second kappa shape index (κ2) is 4.28. The van der Waals surface area contributed by atoms with Gasteiger partial charge in [0, 0.05) is 31.2 Å². The molecule has 0 atom stereocenters. The van der Waals surface area contributed by atoms with Gasteiger partial charge in [-0.1, -0.05) is 0 Å². The Morgan fingerprint density at radius 2 is 2.29 bits per heavy atom. The van der Waals surface area contributed by atoms with Gasteiger partial charge in [0.05, 0.1) is 4.47 Å². The summed E-state index contributed by atoms with van der Waals surface area (Å²) >= 11 is 3.16. The first-order valence-electron chi connectivity index (χ1n) is 4.65. The maximum absolute atomic E-state index is 12.9. The molecule has 1 heterocycles. The second-order valence-electron chi connectivity index (χ2n) is 3.53. The van der Waals surface area contributed by atoms with E-state index in [0.29, 0.717) is 10.4 Å². The van der Waals surface area contributed by atoms with Gasteiger partial charge in [-0.05, 0) is 34.1 Å². The maximum Gasteiger partial charge on any atom is 0.137 e. The van der Waals surface area contributed by atoms with Gasteiger partial charge in [-0.25, -0.2) is 4.39 Å². The molecular weight excluding hydrogens is 247 g/mol. The van der Waals surface area contributed by atoms with Crippen molar-refractivity contribution in [1.82, 2.24) is 5.32 Å². The van der Waals surface area contributed by atoms with Crippen LogP contribution in [-0.4, -0.2) is 19.6 Å². The molecule has 14 heavy (non-hydrogen) atoms. The smallest absolute Gasteiger partial charge is 0.137 e. The molecule has 0 radical (unpaired) electrons. The van der Waals surface area contributed by atoms with Crippen LogP contribution in [-0.2, 0) is 0 Å². The Labute approximate surface area is 91.0 Å². The lowest BCUT2D eigenvalue weighted by Gasteiger charge is -2.27. The molecule has 0 aromatic heterocycles. The highest BCUT2D eigenvalue weighted by Gasteiger charge is 2.15. The van der Waals surface area contributed by atoms with Crippen LogP contribution in [0.1, 0.15) is 0 Å². The van der Waals surface area contributed by atoms with Crippen LogP contribution in [0.3, 0.4) is 0 Å². The van der Waals surface area contributed by atoms with Crippen molar-refractivity contribution in [3.63, 3.8) is 0 Å². The fourth-order valence-electron chi connectivity index (χ4n) is 1.36. The van der Waals surface area contributed by atoms with Crippen molar-refractivity contribution < 1.29 is 4.39 Å². The molecule has 2 nitrogen and oxygen atoms in total. The van der Waals surface area contributed by atoms with E-state index in [4.69, 9.17) is 0 Å². The van der Waals surface area contributed by atoms with Crippen molar-refractivity contribution in [1.29, 1.82) is 0 Å². The van der Waals surface area contributed by atoms with E-state index in [1.165, 1.54) is 6.07 Å². The summed E-state index contributed by atoms with van der Waals surface area (Å²) in [5.74, 6) is 0.486. The topological polar surface area (TPSA) is 24.1 Å². The predicted octanol–water partition coefficient (Wildman–Crippen LogP) is 2.22. The largest absolute Gasteiger partial charge is 0.385 e. The third kappa shape index (κ3) is 2.25. The van der Waals surface area contributed by atoms with Gasteiger partial charge >= 0.3 is 0 Å². The van der Waals surface area contributed by atoms with Crippen LogP contribution in [0, 0.1) is 11.7 Å². The average Bonchev–Trinajstić information content (AvgIpc) is 2.08. The van der Waals surface area contributed by atoms with E-state index in [9.17, 15) is 4.39 Å². The van der Waals surface area contributed by atoms with Gasteiger partial charge in [0.25, 0.3) is 0 Å². The lowest BCUT2D eigenvalue weighted by atomic mass is 10.0. The Balaban J connectivity index is 1.91. The SMILES string of the molecule is Fc1ccc(NCC2CNC2)cc1Br. The highest BCUT2D eigenvalue weighted by Crippen LogP contribution is 2.20. The second-order valence-corrected chi connectivity index (χ2v) is 4.39. The molecule has 0 unspecified atom stereocenters. The molecule has 1 fully saturated rings. The molecule has 1 saturated heterocycles. The standard InChI is InChI=1S/C10H12BrFN2/c11-9-3-8(1-2-10(9)12)14-6-7-4-13-5-7/h1-3,7,13-14H,4-6H2. The van der Waals surface area contributed by atoms with Crippen molar-refractivity contribution in [3.05, 3.63) is 28.5 Å². The van der Waals surface area contributed by atoms with Gasteiger partial charge in [-0.3, -0.25) is 0 Å². The predicted molar refractivity (Wildman–Crippen MR) is 58.9 cm³/mol. The van der Waals surface area contributed by atoms with Gasteiger partial charge in [-0.15, -0.1) is 0 Å². The van der Waals surface area contributed by atoms with E-state index in [1.54, 1.807) is 12.1 Å². The molecule has 76 valence electrons. The summed E-state index contributed by atoms with van der Waals surface area (Å²) < 4.78 is 13.4. The zero-order valence-corrected chi connectivity index (χ0v) is 9.27. The number of anilines is 1. The Kier molecular flexibility index (Phi) is 3.03. The fraction of sp³-hybridized carbons (Fsp3) is 0.400. The minimum atomic E-state index is -0.221. The Bertz CT molecular complexity index is 326. The zero-order chi connectivity index (χ0) is 9.97. The molecule has 1 aliphatic rings. The van der Waals surface area contributed by atoms with Crippen LogP contribution in [0.25, 0.3) is 0 Å². The Morgan fingerprint density at radius 3 is 2.86 bits per heavy atom. The number of halogens is 2. The number of rotatable bonds is 3. The van der Waals surface area contributed by atoms with Crippen LogP contribution in [0.5, 0.6) is 0 Å². The van der Waals surface area contributed by atoms with Crippen molar-refractivity contribution in [2.75, 3.05) is 25.0 Å². The molecule has 0 spiro atoms. The summed E-state index contributed by atoms with van der Waals surface area (Å²) in [6.07, 6.45) is 0. The quantitative estimate of drug-likeness (QED) is 0.869. The summed E-state index contributed by atoms with van der Waals surface area (Å²) in [6.45, 7) is 3.11. The number of nitrogens with one attached hydrogen (secondary N) is 2. The first kappa shape index (κ1) is 9.93. The molecule has 0 saturated carbocycles. The molecule has 2 N–H and O–H groups in total. The Hall–Kier alpha value is -0.610. The minimum Gasteiger partial charge on any atom is -0.385 e. The van der Waals surface area contributed by atoms with Gasteiger partial charge in [0.15, 0.2) is 0 Å². The third-order valence-corrected chi connectivity index (χ3v) is 2.99. The summed E-state index contributed by atoms with van der Waals surface area (Å²) in [7, 11) is 0. The third-order valence-electron chi connectivity index (χ3n) is 2.38. The molecule has 2 rings (SSSR count). The molecule has 1 aromatic carbocycles. The number of hydrogen-bond donors (Lipinski definition) is 2. The molecule has 0 amide bonds. The van der Waals surface area contributed by atoms with E-state index in [1.807, 2.05) is 0 Å². The lowest BCUT2D eigenvalue weighted by molar-refractivity contribution is 0.365. The highest BCUT2D eigenvalue weighted by atomic mass is 79.9. The van der Waals surface area contributed by atoms with Crippen LogP contribution in [0.2, 0.25) is 0 Å². The van der Waals surface area contributed by atoms with Gasteiger partial charge in [0.1, 0.15) is 5.82 Å². The molecular formula is C10H12BrFN2. The summed E-state index contributed by atoms with van der Waals surface area (Å²) in [5, 5.41) is 6.49. The van der Waals surface area contributed by atoms with Crippen molar-refractivity contribution in [3.8, 4) is 0 Å². The van der Waals surface area contributed by atoms with Gasteiger partial charge < -0.3 is 10.6 Å². The molecule has 0 aliphatic carbocycles. The summed E-state index contributed by atoms with van der Waals surface area (Å²) in [4.78, 5) is 0. The summed E-state index contributed by atoms with van der Waals surface area (Å²) in [6, 6.07) is 4.99. The minimum absolute atomic E-state index is 0.221. The van der Waals surface area contributed by atoms with Crippen LogP contribution in [0.15, 0.2) is 22.7 Å². The lowest BCUT2D eigenvalue weighted by Crippen LogP contribution is -2.45. The van der Waals surface area contributed by atoms with E-state index in [2.05, 4.69) is 26.6 Å². The Morgan fingerprint density at radius 1 is 1.50 bits per heavy atom. The highest BCUT2D eigenvalue weighted by molar-refractivity contribution is 9.10. The van der Waals surface area contributed by atoms with Crippen LogP contribution >= 0.6 is 15.9 Å². The summed E-state index contributed by atoms with van der Waals surface area (Å²) in [5.41, 5.74) is 0.963. The molecule has 0 bridgehead atoms. The average molecular weight is 259 g/mol. The molecule has 4 heteroatoms. The van der Waals surface area contributed by atoms with Crippen molar-refractivity contribution in [2.24, 2.45) is 5.92 Å².